The van der Waals surface area contributed by atoms with Gasteiger partial charge in [0.1, 0.15) is 5.75 Å². The minimum Gasteiger partial charge on any atom is -0.493 e. The van der Waals surface area contributed by atoms with E-state index in [9.17, 15) is 0 Å². The van der Waals surface area contributed by atoms with Crippen LogP contribution in [0.15, 0.2) is 18.2 Å². The van der Waals surface area contributed by atoms with Crippen molar-refractivity contribution in [3.63, 3.8) is 0 Å². The molecule has 1 aromatic rings. The van der Waals surface area contributed by atoms with Crippen molar-refractivity contribution in [2.45, 2.75) is 25.7 Å². The predicted molar refractivity (Wildman–Crippen MR) is 62.6 cm³/mol. The fourth-order valence-electron chi connectivity index (χ4n) is 2.23. The molecule has 0 saturated heterocycles. The Morgan fingerprint density at radius 3 is 3.13 bits per heavy atom. The maximum Gasteiger partial charge on any atom is 0.123 e. The van der Waals surface area contributed by atoms with Crippen LogP contribution in [0.4, 0.5) is 0 Å². The fourth-order valence-corrected chi connectivity index (χ4v) is 2.23. The van der Waals surface area contributed by atoms with Gasteiger partial charge in [-0.2, -0.15) is 0 Å². The molecule has 0 aromatic heterocycles. The largest absolute Gasteiger partial charge is 0.493 e. The molecule has 0 fully saturated rings. The van der Waals surface area contributed by atoms with Gasteiger partial charge in [-0.3, -0.25) is 0 Å². The summed E-state index contributed by atoms with van der Waals surface area (Å²) in [7, 11) is 2.01. The van der Waals surface area contributed by atoms with Gasteiger partial charge in [-0.05, 0) is 44.0 Å². The van der Waals surface area contributed by atoms with Crippen molar-refractivity contribution >= 4 is 0 Å². The number of nitrogens with one attached hydrogen (secondary N) is 1. The van der Waals surface area contributed by atoms with E-state index in [1.165, 1.54) is 17.5 Å². The smallest absolute Gasteiger partial charge is 0.123 e. The lowest BCUT2D eigenvalue weighted by Crippen LogP contribution is -2.16. The van der Waals surface area contributed by atoms with Crippen LogP contribution < -0.4 is 10.1 Å². The zero-order valence-electron chi connectivity index (χ0n) is 9.55. The third-order valence-electron chi connectivity index (χ3n) is 3.01. The highest BCUT2D eigenvalue weighted by Crippen LogP contribution is 2.33. The lowest BCUT2D eigenvalue weighted by molar-refractivity contribution is 0.316. The van der Waals surface area contributed by atoms with Gasteiger partial charge in [0.25, 0.3) is 0 Å². The maximum atomic E-state index is 5.78. The van der Waals surface area contributed by atoms with E-state index in [4.69, 9.17) is 4.74 Å². The van der Waals surface area contributed by atoms with Gasteiger partial charge in [0, 0.05) is 12.5 Å². The summed E-state index contributed by atoms with van der Waals surface area (Å²) in [4.78, 5) is 0. The van der Waals surface area contributed by atoms with Crippen LogP contribution in [0.5, 0.6) is 5.75 Å². The number of likely N-dealkylation sites (N-methyl/N-ethyl adjacent to an activating group) is 1. The summed E-state index contributed by atoms with van der Waals surface area (Å²) in [6.07, 6.45) is 2.37. The number of aryl methyl sites for hydroxylation is 1. The van der Waals surface area contributed by atoms with Crippen molar-refractivity contribution in [1.29, 1.82) is 0 Å². The molecule has 1 aliphatic rings. The maximum absolute atomic E-state index is 5.78. The molecule has 1 atom stereocenters. The van der Waals surface area contributed by atoms with Crippen molar-refractivity contribution in [2.75, 3.05) is 20.2 Å². The molecule has 1 aromatic carbocycles. The topological polar surface area (TPSA) is 21.3 Å². The molecule has 15 heavy (non-hydrogen) atoms. The molecule has 0 radical (unpaired) electrons. The number of hydrogen-bond acceptors (Lipinski definition) is 2. The zero-order valence-corrected chi connectivity index (χ0v) is 9.55. The van der Waals surface area contributed by atoms with Crippen LogP contribution in [-0.4, -0.2) is 20.2 Å². The Balaban J connectivity index is 2.32. The molecule has 1 aliphatic heterocycles. The molecule has 2 nitrogen and oxygen atoms in total. The second-order valence-electron chi connectivity index (χ2n) is 4.29. The van der Waals surface area contributed by atoms with Gasteiger partial charge in [-0.15, -0.1) is 0 Å². The van der Waals surface area contributed by atoms with Gasteiger partial charge in [-0.25, -0.2) is 0 Å². The molecule has 1 unspecified atom stereocenters. The van der Waals surface area contributed by atoms with Crippen molar-refractivity contribution in [3.8, 4) is 5.75 Å². The van der Waals surface area contributed by atoms with E-state index in [0.29, 0.717) is 5.92 Å². The zero-order chi connectivity index (χ0) is 10.7. The Morgan fingerprint density at radius 2 is 2.33 bits per heavy atom. The van der Waals surface area contributed by atoms with Crippen LogP contribution >= 0.6 is 0 Å². The van der Waals surface area contributed by atoms with E-state index in [2.05, 4.69) is 30.4 Å². The third-order valence-corrected chi connectivity index (χ3v) is 3.01. The van der Waals surface area contributed by atoms with Crippen molar-refractivity contribution in [3.05, 3.63) is 29.3 Å². The standard InChI is InChI=1S/C13H19NO/c1-10-5-6-12-11(9-14-2)4-3-7-15-13(12)8-10/h5-6,8,11,14H,3-4,7,9H2,1-2H3. The van der Waals surface area contributed by atoms with E-state index in [-0.39, 0.29) is 0 Å². The first-order valence-electron chi connectivity index (χ1n) is 5.69. The second kappa shape index (κ2) is 4.67. The Morgan fingerprint density at radius 1 is 1.47 bits per heavy atom. The number of fused-ring (bicyclic) bond motifs is 1. The van der Waals surface area contributed by atoms with Crippen LogP contribution in [0.3, 0.4) is 0 Å². The van der Waals surface area contributed by atoms with E-state index in [1.54, 1.807) is 0 Å². The summed E-state index contributed by atoms with van der Waals surface area (Å²) in [5, 5.41) is 3.27. The Hall–Kier alpha value is -1.02. The Labute approximate surface area is 91.6 Å². The van der Waals surface area contributed by atoms with Crippen LogP contribution in [0, 0.1) is 6.92 Å². The first-order valence-corrected chi connectivity index (χ1v) is 5.69. The van der Waals surface area contributed by atoms with Crippen LogP contribution in [0.25, 0.3) is 0 Å². The van der Waals surface area contributed by atoms with Gasteiger partial charge in [0.15, 0.2) is 0 Å². The first-order chi connectivity index (χ1) is 7.31. The molecular formula is C13H19NO. The quantitative estimate of drug-likeness (QED) is 0.801. The van der Waals surface area contributed by atoms with Crippen molar-refractivity contribution < 1.29 is 4.74 Å². The predicted octanol–water partition coefficient (Wildman–Crippen LogP) is 2.47. The summed E-state index contributed by atoms with van der Waals surface area (Å²) in [5.74, 6) is 1.70. The Bertz CT molecular complexity index is 335. The van der Waals surface area contributed by atoms with Crippen LogP contribution in [0.1, 0.15) is 29.9 Å². The van der Waals surface area contributed by atoms with Gasteiger partial charge in [-0.1, -0.05) is 12.1 Å². The average Bonchev–Trinajstić information content (AvgIpc) is 2.41. The highest BCUT2D eigenvalue weighted by atomic mass is 16.5. The molecule has 0 bridgehead atoms. The SMILES string of the molecule is CNCC1CCCOc2cc(C)ccc21. The van der Waals surface area contributed by atoms with E-state index in [1.807, 2.05) is 7.05 Å². The minimum absolute atomic E-state index is 0.605. The van der Waals surface area contributed by atoms with E-state index >= 15 is 0 Å². The summed E-state index contributed by atoms with van der Waals surface area (Å²) in [6.45, 7) is 4.01. The third kappa shape index (κ3) is 2.32. The minimum atomic E-state index is 0.605. The van der Waals surface area contributed by atoms with Crippen LogP contribution in [0.2, 0.25) is 0 Å². The number of benzene rings is 1. The molecule has 0 aliphatic carbocycles. The summed E-state index contributed by atoms with van der Waals surface area (Å²) < 4.78 is 5.78. The van der Waals surface area contributed by atoms with Crippen molar-refractivity contribution in [2.24, 2.45) is 0 Å². The number of hydrogen-bond donors (Lipinski definition) is 1. The molecule has 0 spiro atoms. The second-order valence-corrected chi connectivity index (χ2v) is 4.29. The monoisotopic (exact) mass is 205 g/mol. The molecule has 1 N–H and O–H groups in total. The molecule has 2 heteroatoms. The van der Waals surface area contributed by atoms with Gasteiger partial charge >= 0.3 is 0 Å². The molecule has 2 rings (SSSR count). The first kappa shape index (κ1) is 10.5. The van der Waals surface area contributed by atoms with Crippen molar-refractivity contribution in [1.82, 2.24) is 5.32 Å². The molecule has 82 valence electrons. The molecule has 0 amide bonds. The molecule has 1 heterocycles. The highest BCUT2D eigenvalue weighted by Gasteiger charge is 2.18. The molecular weight excluding hydrogens is 186 g/mol. The van der Waals surface area contributed by atoms with Gasteiger partial charge in [0.05, 0.1) is 6.61 Å². The highest BCUT2D eigenvalue weighted by molar-refractivity contribution is 5.40. The lowest BCUT2D eigenvalue weighted by atomic mass is 9.93. The number of rotatable bonds is 2. The van der Waals surface area contributed by atoms with Gasteiger partial charge < -0.3 is 10.1 Å². The van der Waals surface area contributed by atoms with E-state index < -0.39 is 0 Å². The average molecular weight is 205 g/mol. The van der Waals surface area contributed by atoms with Crippen LogP contribution in [-0.2, 0) is 0 Å². The Kier molecular flexibility index (Phi) is 3.27. The lowest BCUT2D eigenvalue weighted by Gasteiger charge is -2.16. The normalized spacial score (nSPS) is 20.3. The van der Waals surface area contributed by atoms with E-state index in [0.717, 1.165) is 25.3 Å². The summed E-state index contributed by atoms with van der Waals surface area (Å²) in [6, 6.07) is 6.55. The van der Waals surface area contributed by atoms with Gasteiger partial charge in [0.2, 0.25) is 0 Å². The fraction of sp³-hybridized carbons (Fsp3) is 0.538. The summed E-state index contributed by atoms with van der Waals surface area (Å²) in [5.41, 5.74) is 2.64. The number of ether oxygens (including phenoxy) is 1. The molecule has 0 saturated carbocycles. The summed E-state index contributed by atoms with van der Waals surface area (Å²) >= 11 is 0.